The summed E-state index contributed by atoms with van der Waals surface area (Å²) < 4.78 is 2.01. The molecule has 1 aliphatic heterocycles. The summed E-state index contributed by atoms with van der Waals surface area (Å²) >= 11 is 0. The SMILES string of the molecule is CC(C)(C)c1ccc(C(=O)N2CCCN(C(=O)c3ccc(-n4cccc4)cc3)CC2)cc1. The normalized spacial score (nSPS) is 14.8. The van der Waals surface area contributed by atoms with Crippen LogP contribution >= 0.6 is 0 Å². The van der Waals surface area contributed by atoms with Gasteiger partial charge < -0.3 is 14.4 Å². The summed E-state index contributed by atoms with van der Waals surface area (Å²) in [6.45, 7) is 8.91. The summed E-state index contributed by atoms with van der Waals surface area (Å²) in [5, 5.41) is 0. The van der Waals surface area contributed by atoms with E-state index < -0.39 is 0 Å². The van der Waals surface area contributed by atoms with Gasteiger partial charge in [0, 0.05) is 55.4 Å². The first-order chi connectivity index (χ1) is 15.3. The number of nitrogens with zero attached hydrogens (tertiary/aromatic N) is 3. The maximum absolute atomic E-state index is 13.0. The van der Waals surface area contributed by atoms with E-state index in [1.165, 1.54) is 5.56 Å². The Balaban J connectivity index is 1.39. The zero-order chi connectivity index (χ0) is 22.7. The van der Waals surface area contributed by atoms with Crippen LogP contribution in [0.5, 0.6) is 0 Å². The van der Waals surface area contributed by atoms with Gasteiger partial charge in [-0.25, -0.2) is 0 Å². The molecule has 166 valence electrons. The molecule has 0 radical (unpaired) electrons. The molecule has 2 aromatic carbocycles. The Bertz CT molecular complexity index is 1060. The maximum atomic E-state index is 13.0. The van der Waals surface area contributed by atoms with Crippen LogP contribution in [0.4, 0.5) is 0 Å². The molecule has 1 fully saturated rings. The summed E-state index contributed by atoms with van der Waals surface area (Å²) in [4.78, 5) is 29.8. The van der Waals surface area contributed by atoms with Crippen molar-refractivity contribution in [3.05, 3.63) is 89.7 Å². The number of hydrogen-bond acceptors (Lipinski definition) is 2. The molecule has 2 heterocycles. The number of benzene rings is 2. The Morgan fingerprint density at radius 1 is 0.688 bits per heavy atom. The van der Waals surface area contributed by atoms with E-state index >= 15 is 0 Å². The summed E-state index contributed by atoms with van der Waals surface area (Å²) in [5.74, 6) is 0.0590. The topological polar surface area (TPSA) is 45.6 Å². The third-order valence-electron chi connectivity index (χ3n) is 6.09. The third kappa shape index (κ3) is 4.77. The minimum absolute atomic E-state index is 0.0212. The van der Waals surface area contributed by atoms with Gasteiger partial charge in [-0.1, -0.05) is 32.9 Å². The molecule has 0 unspecified atom stereocenters. The number of carbonyl (C=O) groups excluding carboxylic acids is 2. The van der Waals surface area contributed by atoms with Gasteiger partial charge in [-0.3, -0.25) is 9.59 Å². The van der Waals surface area contributed by atoms with E-state index in [4.69, 9.17) is 0 Å². The molecule has 32 heavy (non-hydrogen) atoms. The van der Waals surface area contributed by atoms with Crippen LogP contribution in [0.1, 0.15) is 53.5 Å². The second-order valence-electron chi connectivity index (χ2n) is 9.40. The number of rotatable bonds is 3. The Morgan fingerprint density at radius 3 is 1.62 bits per heavy atom. The molecule has 1 aliphatic rings. The lowest BCUT2D eigenvalue weighted by Gasteiger charge is -2.23. The minimum atomic E-state index is 0.0212. The molecule has 5 nitrogen and oxygen atoms in total. The predicted molar refractivity (Wildman–Crippen MR) is 127 cm³/mol. The van der Waals surface area contributed by atoms with E-state index in [2.05, 4.69) is 20.8 Å². The molecule has 1 aromatic heterocycles. The average molecular weight is 430 g/mol. The van der Waals surface area contributed by atoms with E-state index in [0.29, 0.717) is 37.3 Å². The van der Waals surface area contributed by atoms with Crippen LogP contribution in [-0.4, -0.2) is 52.4 Å². The van der Waals surface area contributed by atoms with Gasteiger partial charge in [0.05, 0.1) is 0 Å². The Morgan fingerprint density at radius 2 is 1.16 bits per heavy atom. The quantitative estimate of drug-likeness (QED) is 0.602. The van der Waals surface area contributed by atoms with Crippen LogP contribution in [-0.2, 0) is 5.41 Å². The lowest BCUT2D eigenvalue weighted by molar-refractivity contribution is 0.0718. The van der Waals surface area contributed by atoms with Crippen molar-refractivity contribution in [2.75, 3.05) is 26.2 Å². The number of hydrogen-bond donors (Lipinski definition) is 0. The van der Waals surface area contributed by atoms with Crippen LogP contribution in [0.25, 0.3) is 5.69 Å². The first-order valence-electron chi connectivity index (χ1n) is 11.3. The van der Waals surface area contributed by atoms with Gasteiger partial charge in [-0.15, -0.1) is 0 Å². The van der Waals surface area contributed by atoms with Gasteiger partial charge >= 0.3 is 0 Å². The van der Waals surface area contributed by atoms with E-state index in [1.807, 2.05) is 87.4 Å². The number of amides is 2. The average Bonchev–Trinajstić information content (AvgIpc) is 3.22. The van der Waals surface area contributed by atoms with Crippen molar-refractivity contribution >= 4 is 11.8 Å². The molecular formula is C27H31N3O2. The summed E-state index contributed by atoms with van der Waals surface area (Å²) in [6, 6.07) is 19.5. The number of aromatic nitrogens is 1. The van der Waals surface area contributed by atoms with Gasteiger partial charge in [-0.2, -0.15) is 0 Å². The molecule has 4 rings (SSSR count). The van der Waals surface area contributed by atoms with E-state index in [9.17, 15) is 9.59 Å². The summed E-state index contributed by atoms with van der Waals surface area (Å²) in [5.41, 5.74) is 3.68. The molecule has 0 spiro atoms. The van der Waals surface area contributed by atoms with Crippen LogP contribution < -0.4 is 0 Å². The van der Waals surface area contributed by atoms with Crippen molar-refractivity contribution in [3.8, 4) is 5.69 Å². The van der Waals surface area contributed by atoms with E-state index in [0.717, 1.165) is 12.1 Å². The molecule has 3 aromatic rings. The molecule has 0 saturated carbocycles. The fraction of sp³-hybridized carbons (Fsp3) is 0.333. The van der Waals surface area contributed by atoms with Gasteiger partial charge in [0.1, 0.15) is 0 Å². The van der Waals surface area contributed by atoms with Crippen LogP contribution in [0.2, 0.25) is 0 Å². The molecule has 0 atom stereocenters. The van der Waals surface area contributed by atoms with Gasteiger partial charge in [0.25, 0.3) is 11.8 Å². The maximum Gasteiger partial charge on any atom is 0.253 e. The standard InChI is InChI=1S/C27H31N3O2/c1-27(2,3)23-11-7-21(8-12-23)25(31)29-17-6-18-30(20-19-29)26(32)22-9-13-24(14-10-22)28-15-4-5-16-28/h4-5,7-16H,6,17-20H2,1-3H3. The highest BCUT2D eigenvalue weighted by atomic mass is 16.2. The van der Waals surface area contributed by atoms with Crippen LogP contribution in [0.15, 0.2) is 73.1 Å². The number of carbonyl (C=O) groups is 2. The van der Waals surface area contributed by atoms with Crippen LogP contribution in [0, 0.1) is 0 Å². The Labute approximate surface area is 190 Å². The molecular weight excluding hydrogens is 398 g/mol. The van der Waals surface area contributed by atoms with E-state index in [1.54, 1.807) is 0 Å². The first-order valence-corrected chi connectivity index (χ1v) is 11.3. The fourth-order valence-corrected chi connectivity index (χ4v) is 4.08. The Kier molecular flexibility index (Phi) is 6.17. The monoisotopic (exact) mass is 429 g/mol. The highest BCUT2D eigenvalue weighted by Gasteiger charge is 2.24. The molecule has 0 N–H and O–H groups in total. The molecule has 2 amide bonds. The van der Waals surface area contributed by atoms with Gasteiger partial charge in [-0.05, 0) is 65.9 Å². The van der Waals surface area contributed by atoms with Crippen molar-refractivity contribution in [2.24, 2.45) is 0 Å². The predicted octanol–water partition coefficient (Wildman–Crippen LogP) is 4.76. The third-order valence-corrected chi connectivity index (χ3v) is 6.09. The zero-order valence-electron chi connectivity index (χ0n) is 19.1. The second-order valence-corrected chi connectivity index (χ2v) is 9.40. The second kappa shape index (κ2) is 9.03. The molecule has 1 saturated heterocycles. The van der Waals surface area contributed by atoms with E-state index in [-0.39, 0.29) is 17.2 Å². The largest absolute Gasteiger partial charge is 0.337 e. The lowest BCUT2D eigenvalue weighted by Crippen LogP contribution is -2.37. The van der Waals surface area contributed by atoms with Crippen LogP contribution in [0.3, 0.4) is 0 Å². The van der Waals surface area contributed by atoms with Gasteiger partial charge in [0.2, 0.25) is 0 Å². The first kappa shape index (κ1) is 21.9. The van der Waals surface area contributed by atoms with Crippen molar-refractivity contribution < 1.29 is 9.59 Å². The smallest absolute Gasteiger partial charge is 0.253 e. The van der Waals surface area contributed by atoms with Crippen molar-refractivity contribution in [2.45, 2.75) is 32.6 Å². The van der Waals surface area contributed by atoms with Crippen molar-refractivity contribution in [3.63, 3.8) is 0 Å². The zero-order valence-corrected chi connectivity index (χ0v) is 19.1. The lowest BCUT2D eigenvalue weighted by atomic mass is 9.86. The van der Waals surface area contributed by atoms with Crippen molar-refractivity contribution in [1.29, 1.82) is 0 Å². The molecule has 5 heteroatoms. The highest BCUT2D eigenvalue weighted by Crippen LogP contribution is 2.23. The Hall–Kier alpha value is -3.34. The van der Waals surface area contributed by atoms with Gasteiger partial charge in [0.15, 0.2) is 0 Å². The molecule has 0 bridgehead atoms. The fourth-order valence-electron chi connectivity index (χ4n) is 4.08. The summed E-state index contributed by atoms with van der Waals surface area (Å²) in [6.07, 6.45) is 4.74. The summed E-state index contributed by atoms with van der Waals surface area (Å²) in [7, 11) is 0. The molecule has 0 aliphatic carbocycles. The van der Waals surface area contributed by atoms with Crippen molar-refractivity contribution in [1.82, 2.24) is 14.4 Å². The highest BCUT2D eigenvalue weighted by molar-refractivity contribution is 5.95. The minimum Gasteiger partial charge on any atom is -0.337 e.